The molecule has 158 valence electrons. The molecular formula is C21H26Cl2N2O3S. The summed E-state index contributed by atoms with van der Waals surface area (Å²) in [6.45, 7) is 3.13. The number of anilines is 1. The second kappa shape index (κ2) is 10.4. The first kappa shape index (κ1) is 23.7. The lowest BCUT2D eigenvalue weighted by molar-refractivity contribution is -0.116. The van der Waals surface area contributed by atoms with Gasteiger partial charge in [0.15, 0.2) is 0 Å². The number of methoxy groups -OCH3 is 1. The second-order valence-electron chi connectivity index (χ2n) is 6.88. The average molecular weight is 457 g/mol. The first-order valence-electron chi connectivity index (χ1n) is 9.12. The lowest BCUT2D eigenvalue weighted by Gasteiger charge is -2.26. The minimum atomic E-state index is -0.232. The zero-order chi connectivity index (χ0) is 20.3. The van der Waals surface area contributed by atoms with Gasteiger partial charge in [0.2, 0.25) is 5.91 Å². The third-order valence-electron chi connectivity index (χ3n) is 4.48. The maximum Gasteiger partial charge on any atom is 0.225 e. The van der Waals surface area contributed by atoms with E-state index in [2.05, 4.69) is 4.90 Å². The van der Waals surface area contributed by atoms with Gasteiger partial charge < -0.3 is 14.4 Å². The van der Waals surface area contributed by atoms with Crippen LogP contribution in [0, 0.1) is 0 Å². The number of amides is 1. The number of ether oxygens (including phenoxy) is 2. The Labute approximate surface area is 187 Å². The Bertz CT molecular complexity index is 864. The number of rotatable bonds is 7. The highest BCUT2D eigenvalue weighted by molar-refractivity contribution is 8.00. The van der Waals surface area contributed by atoms with Crippen molar-refractivity contribution >= 4 is 47.4 Å². The Balaban J connectivity index is 0.00000300. The zero-order valence-electron chi connectivity index (χ0n) is 17.0. The first-order chi connectivity index (χ1) is 13.4. The van der Waals surface area contributed by atoms with Crippen LogP contribution in [0.5, 0.6) is 11.5 Å². The van der Waals surface area contributed by atoms with Gasteiger partial charge in [-0.05, 0) is 56.9 Å². The quantitative estimate of drug-likeness (QED) is 0.531. The molecule has 2 aromatic rings. The Morgan fingerprint density at radius 2 is 2.00 bits per heavy atom. The molecule has 5 nitrogen and oxygen atoms in total. The van der Waals surface area contributed by atoms with E-state index in [1.165, 1.54) is 0 Å². The molecule has 1 unspecified atom stereocenters. The Kier molecular flexibility index (Phi) is 8.52. The molecule has 0 bridgehead atoms. The predicted octanol–water partition coefficient (Wildman–Crippen LogP) is 5.26. The molecule has 0 N–H and O–H groups in total. The molecule has 1 aliphatic heterocycles. The van der Waals surface area contributed by atoms with Crippen molar-refractivity contribution in [3.63, 3.8) is 0 Å². The average Bonchev–Trinajstić information content (AvgIpc) is 3.03. The molecule has 0 saturated carbocycles. The van der Waals surface area contributed by atoms with Gasteiger partial charge in [-0.2, -0.15) is 0 Å². The van der Waals surface area contributed by atoms with Crippen molar-refractivity contribution in [3.05, 3.63) is 47.0 Å². The number of fused-ring (bicyclic) bond motifs is 1. The third kappa shape index (κ3) is 5.51. The van der Waals surface area contributed by atoms with Crippen molar-refractivity contribution in [1.29, 1.82) is 0 Å². The SMILES string of the molecule is COc1ccc(OCCCN(C)C)c(C2Sc3ccc(Cl)cc3N2C(C)=O)c1.Cl. The highest BCUT2D eigenvalue weighted by Gasteiger charge is 2.36. The Hall–Kier alpha value is -1.60. The van der Waals surface area contributed by atoms with E-state index in [4.69, 9.17) is 21.1 Å². The number of thioether (sulfide) groups is 1. The summed E-state index contributed by atoms with van der Waals surface area (Å²) in [7, 11) is 5.72. The Morgan fingerprint density at radius 3 is 2.66 bits per heavy atom. The standard InChI is InChI=1S/C21H25ClN2O3S.ClH/c1-14(25)24-18-12-15(22)6-9-20(18)28-21(24)17-13-16(26-4)7-8-19(17)27-11-5-10-23(2)3;/h6-9,12-13,21H,5,10-11H2,1-4H3;1H. The summed E-state index contributed by atoms with van der Waals surface area (Å²) in [4.78, 5) is 17.4. The number of hydrogen-bond acceptors (Lipinski definition) is 5. The highest BCUT2D eigenvalue weighted by Crippen LogP contribution is 2.54. The van der Waals surface area contributed by atoms with Crippen LogP contribution in [0.3, 0.4) is 0 Å². The molecule has 29 heavy (non-hydrogen) atoms. The van der Waals surface area contributed by atoms with E-state index in [9.17, 15) is 4.79 Å². The highest BCUT2D eigenvalue weighted by atomic mass is 35.5. The van der Waals surface area contributed by atoms with Crippen molar-refractivity contribution in [2.75, 3.05) is 39.3 Å². The summed E-state index contributed by atoms with van der Waals surface area (Å²) in [5.74, 6) is 1.45. The maximum atomic E-state index is 12.5. The van der Waals surface area contributed by atoms with Crippen molar-refractivity contribution in [3.8, 4) is 11.5 Å². The minimum Gasteiger partial charge on any atom is -0.497 e. The first-order valence-corrected chi connectivity index (χ1v) is 10.4. The molecule has 0 saturated heterocycles. The smallest absolute Gasteiger partial charge is 0.225 e. The summed E-state index contributed by atoms with van der Waals surface area (Å²) in [6, 6.07) is 11.4. The topological polar surface area (TPSA) is 42.0 Å². The van der Waals surface area contributed by atoms with Crippen LogP contribution in [-0.2, 0) is 4.79 Å². The number of carbonyl (C=O) groups is 1. The maximum absolute atomic E-state index is 12.5. The van der Waals surface area contributed by atoms with Crippen LogP contribution in [0.25, 0.3) is 0 Å². The van der Waals surface area contributed by atoms with Gasteiger partial charge in [0.05, 0.1) is 19.4 Å². The van der Waals surface area contributed by atoms with Crippen molar-refractivity contribution < 1.29 is 14.3 Å². The fraction of sp³-hybridized carbons (Fsp3) is 0.381. The zero-order valence-corrected chi connectivity index (χ0v) is 19.4. The molecule has 0 aliphatic carbocycles. The van der Waals surface area contributed by atoms with E-state index in [1.54, 1.807) is 30.7 Å². The van der Waals surface area contributed by atoms with Crippen LogP contribution < -0.4 is 14.4 Å². The molecular weight excluding hydrogens is 431 g/mol. The van der Waals surface area contributed by atoms with Gasteiger partial charge in [-0.15, -0.1) is 12.4 Å². The summed E-state index contributed by atoms with van der Waals surface area (Å²) in [5.41, 5.74) is 1.74. The molecule has 0 radical (unpaired) electrons. The minimum absolute atomic E-state index is 0. The predicted molar refractivity (Wildman–Crippen MR) is 122 cm³/mol. The van der Waals surface area contributed by atoms with Gasteiger partial charge in [0, 0.05) is 29.0 Å². The van der Waals surface area contributed by atoms with Gasteiger partial charge in [0.25, 0.3) is 0 Å². The van der Waals surface area contributed by atoms with Gasteiger partial charge in [-0.1, -0.05) is 23.4 Å². The van der Waals surface area contributed by atoms with Gasteiger partial charge in [0.1, 0.15) is 16.9 Å². The van der Waals surface area contributed by atoms with Crippen LogP contribution >= 0.6 is 35.8 Å². The lowest BCUT2D eigenvalue weighted by atomic mass is 10.1. The van der Waals surface area contributed by atoms with E-state index < -0.39 is 0 Å². The fourth-order valence-corrected chi connectivity index (χ4v) is 4.67. The van der Waals surface area contributed by atoms with Crippen molar-refractivity contribution in [2.24, 2.45) is 0 Å². The van der Waals surface area contributed by atoms with E-state index in [0.29, 0.717) is 11.6 Å². The number of halogens is 2. The summed E-state index contributed by atoms with van der Waals surface area (Å²) >= 11 is 7.79. The number of hydrogen-bond donors (Lipinski definition) is 0. The lowest BCUT2D eigenvalue weighted by Crippen LogP contribution is -2.28. The molecule has 2 aromatic carbocycles. The van der Waals surface area contributed by atoms with Crippen LogP contribution in [0.15, 0.2) is 41.3 Å². The molecule has 1 aliphatic rings. The molecule has 1 heterocycles. The second-order valence-corrected chi connectivity index (χ2v) is 8.44. The molecule has 1 atom stereocenters. The molecule has 1 amide bonds. The van der Waals surface area contributed by atoms with Gasteiger partial charge in [-0.25, -0.2) is 0 Å². The third-order valence-corrected chi connectivity index (χ3v) is 6.01. The summed E-state index contributed by atoms with van der Waals surface area (Å²) < 4.78 is 11.5. The number of benzene rings is 2. The molecule has 0 spiro atoms. The number of carbonyl (C=O) groups excluding carboxylic acids is 1. The molecule has 0 fully saturated rings. The van der Waals surface area contributed by atoms with E-state index in [-0.39, 0.29) is 23.7 Å². The molecule has 0 aromatic heterocycles. The largest absolute Gasteiger partial charge is 0.497 e. The normalized spacial score (nSPS) is 15.1. The van der Waals surface area contributed by atoms with Crippen LogP contribution in [0.2, 0.25) is 5.02 Å². The van der Waals surface area contributed by atoms with E-state index in [0.717, 1.165) is 40.6 Å². The molecule has 3 rings (SSSR count). The van der Waals surface area contributed by atoms with Crippen LogP contribution in [0.4, 0.5) is 5.69 Å². The summed E-state index contributed by atoms with van der Waals surface area (Å²) in [5, 5.41) is 0.377. The summed E-state index contributed by atoms with van der Waals surface area (Å²) in [6.07, 6.45) is 0.919. The Morgan fingerprint density at radius 1 is 1.24 bits per heavy atom. The van der Waals surface area contributed by atoms with E-state index in [1.807, 2.05) is 50.5 Å². The van der Waals surface area contributed by atoms with Gasteiger partial charge in [-0.3, -0.25) is 9.69 Å². The van der Waals surface area contributed by atoms with Crippen LogP contribution in [0.1, 0.15) is 24.3 Å². The van der Waals surface area contributed by atoms with Crippen LogP contribution in [-0.4, -0.2) is 45.2 Å². The van der Waals surface area contributed by atoms with E-state index >= 15 is 0 Å². The monoisotopic (exact) mass is 456 g/mol. The fourth-order valence-electron chi connectivity index (χ4n) is 3.16. The van der Waals surface area contributed by atoms with Crippen molar-refractivity contribution in [2.45, 2.75) is 23.6 Å². The molecule has 8 heteroatoms. The van der Waals surface area contributed by atoms with Gasteiger partial charge >= 0.3 is 0 Å². The number of nitrogens with zero attached hydrogens (tertiary/aromatic N) is 2. The van der Waals surface area contributed by atoms with Crippen molar-refractivity contribution in [1.82, 2.24) is 4.90 Å².